The van der Waals surface area contributed by atoms with Gasteiger partial charge in [0.2, 0.25) is 10.0 Å². The Bertz CT molecular complexity index is 1260. The summed E-state index contributed by atoms with van der Waals surface area (Å²) in [4.78, 5) is 8.64. The summed E-state index contributed by atoms with van der Waals surface area (Å²) in [6.07, 6.45) is 5.09. The Kier molecular flexibility index (Phi) is 6.06. The third-order valence-corrected chi connectivity index (χ3v) is 6.12. The van der Waals surface area contributed by atoms with Gasteiger partial charge in [-0.25, -0.2) is 13.1 Å². The molecule has 6 nitrogen and oxygen atoms in total. The summed E-state index contributed by atoms with van der Waals surface area (Å²) in [5.41, 5.74) is 3.45. The Hall–Kier alpha value is -3.55. The van der Waals surface area contributed by atoms with Crippen LogP contribution >= 0.6 is 0 Å². The SMILES string of the molecule is Cc1ccccc1Oc1ccc(S(=O)(=O)NCc2ccc(-c3cccnc3)nc2)cc1. The number of nitrogens with one attached hydrogen (secondary N) is 1. The first-order valence-electron chi connectivity index (χ1n) is 9.70. The van der Waals surface area contributed by atoms with Gasteiger partial charge in [0, 0.05) is 30.7 Å². The summed E-state index contributed by atoms with van der Waals surface area (Å²) in [7, 11) is -3.66. The molecule has 156 valence electrons. The fourth-order valence-corrected chi connectivity index (χ4v) is 3.98. The van der Waals surface area contributed by atoms with E-state index in [-0.39, 0.29) is 11.4 Å². The average molecular weight is 432 g/mol. The second-order valence-electron chi connectivity index (χ2n) is 6.96. The Labute approximate surface area is 181 Å². The van der Waals surface area contributed by atoms with Crippen LogP contribution in [0.2, 0.25) is 0 Å². The maximum absolute atomic E-state index is 12.6. The highest BCUT2D eigenvalue weighted by molar-refractivity contribution is 7.89. The van der Waals surface area contributed by atoms with Gasteiger partial charge in [-0.2, -0.15) is 0 Å². The highest BCUT2D eigenvalue weighted by Gasteiger charge is 2.14. The van der Waals surface area contributed by atoms with Gasteiger partial charge in [0.1, 0.15) is 11.5 Å². The zero-order chi connectivity index (χ0) is 21.7. The molecule has 4 aromatic rings. The second kappa shape index (κ2) is 9.07. The molecule has 4 rings (SSSR count). The molecule has 0 aliphatic carbocycles. The molecule has 0 aliphatic heterocycles. The van der Waals surface area contributed by atoms with Gasteiger partial charge in [0.25, 0.3) is 0 Å². The number of aromatic nitrogens is 2. The lowest BCUT2D eigenvalue weighted by molar-refractivity contribution is 0.478. The molecule has 2 aromatic heterocycles. The lowest BCUT2D eigenvalue weighted by Crippen LogP contribution is -2.23. The van der Waals surface area contributed by atoms with E-state index in [4.69, 9.17) is 4.74 Å². The lowest BCUT2D eigenvalue weighted by Gasteiger charge is -2.10. The van der Waals surface area contributed by atoms with Crippen LogP contribution < -0.4 is 9.46 Å². The van der Waals surface area contributed by atoms with Gasteiger partial charge in [-0.15, -0.1) is 0 Å². The van der Waals surface area contributed by atoms with Crippen molar-refractivity contribution in [2.45, 2.75) is 18.4 Å². The maximum Gasteiger partial charge on any atom is 0.240 e. The van der Waals surface area contributed by atoms with E-state index >= 15 is 0 Å². The molecule has 7 heteroatoms. The number of benzene rings is 2. The molecule has 2 heterocycles. The molecule has 0 amide bonds. The van der Waals surface area contributed by atoms with Crippen LogP contribution in [0, 0.1) is 6.92 Å². The standard InChI is InChI=1S/C24H21N3O3S/c1-18-5-2-3-7-24(18)30-21-9-11-22(12-10-21)31(28,29)27-16-19-8-13-23(26-15-19)20-6-4-14-25-17-20/h2-15,17,27H,16H2,1H3. The quantitative estimate of drug-likeness (QED) is 0.458. The van der Waals surface area contributed by atoms with Crippen molar-refractivity contribution in [1.29, 1.82) is 0 Å². The minimum absolute atomic E-state index is 0.143. The van der Waals surface area contributed by atoms with Crippen LogP contribution in [0.25, 0.3) is 11.3 Å². The molecule has 2 aromatic carbocycles. The maximum atomic E-state index is 12.6. The molecule has 0 unspecified atom stereocenters. The summed E-state index contributed by atoms with van der Waals surface area (Å²) in [5, 5.41) is 0. The van der Waals surface area contributed by atoms with Crippen LogP contribution in [0.4, 0.5) is 0 Å². The number of hydrogen-bond donors (Lipinski definition) is 1. The van der Waals surface area contributed by atoms with E-state index in [0.29, 0.717) is 5.75 Å². The van der Waals surface area contributed by atoms with Gasteiger partial charge in [0.05, 0.1) is 10.6 Å². The highest BCUT2D eigenvalue weighted by atomic mass is 32.2. The largest absolute Gasteiger partial charge is 0.457 e. The Balaban J connectivity index is 1.40. The van der Waals surface area contributed by atoms with E-state index in [1.807, 2.05) is 55.5 Å². The van der Waals surface area contributed by atoms with Crippen molar-refractivity contribution in [2.24, 2.45) is 0 Å². The fourth-order valence-electron chi connectivity index (χ4n) is 2.96. The Morgan fingerprint density at radius 3 is 2.39 bits per heavy atom. The molecule has 0 radical (unpaired) electrons. The third-order valence-electron chi connectivity index (χ3n) is 4.70. The summed E-state index contributed by atoms with van der Waals surface area (Å²) in [5.74, 6) is 1.31. The van der Waals surface area contributed by atoms with Crippen LogP contribution in [-0.2, 0) is 16.6 Å². The minimum atomic E-state index is -3.66. The van der Waals surface area contributed by atoms with Crippen molar-refractivity contribution in [1.82, 2.24) is 14.7 Å². The zero-order valence-electron chi connectivity index (χ0n) is 16.9. The van der Waals surface area contributed by atoms with Crippen molar-refractivity contribution in [3.05, 3.63) is 103 Å². The van der Waals surface area contributed by atoms with Crippen LogP contribution in [0.15, 0.2) is 96.3 Å². The van der Waals surface area contributed by atoms with Crippen LogP contribution in [0.5, 0.6) is 11.5 Å². The van der Waals surface area contributed by atoms with Gasteiger partial charge in [-0.3, -0.25) is 9.97 Å². The average Bonchev–Trinajstić information content (AvgIpc) is 2.81. The lowest BCUT2D eigenvalue weighted by atomic mass is 10.1. The van der Waals surface area contributed by atoms with Crippen molar-refractivity contribution in [3.8, 4) is 22.8 Å². The van der Waals surface area contributed by atoms with Crippen molar-refractivity contribution in [2.75, 3.05) is 0 Å². The van der Waals surface area contributed by atoms with Crippen molar-refractivity contribution in [3.63, 3.8) is 0 Å². The van der Waals surface area contributed by atoms with Gasteiger partial charge in [-0.1, -0.05) is 24.3 Å². The summed E-state index contributed by atoms with van der Waals surface area (Å²) < 4.78 is 33.7. The van der Waals surface area contributed by atoms with E-state index in [1.54, 1.807) is 30.7 Å². The molecule has 0 bridgehead atoms. The number of nitrogens with zero attached hydrogens (tertiary/aromatic N) is 2. The first-order chi connectivity index (χ1) is 15.0. The number of ether oxygens (including phenoxy) is 1. The number of rotatable bonds is 7. The van der Waals surface area contributed by atoms with Crippen molar-refractivity contribution < 1.29 is 13.2 Å². The van der Waals surface area contributed by atoms with E-state index in [0.717, 1.165) is 28.1 Å². The number of pyridine rings is 2. The summed E-state index contributed by atoms with van der Waals surface area (Å²) in [6.45, 7) is 2.10. The second-order valence-corrected chi connectivity index (χ2v) is 8.72. The molecule has 0 saturated heterocycles. The molecule has 0 atom stereocenters. The van der Waals surface area contributed by atoms with E-state index in [2.05, 4.69) is 14.7 Å². The molecule has 0 fully saturated rings. The van der Waals surface area contributed by atoms with Gasteiger partial charge >= 0.3 is 0 Å². The monoisotopic (exact) mass is 431 g/mol. The van der Waals surface area contributed by atoms with Gasteiger partial charge < -0.3 is 4.74 Å². The number of aryl methyl sites for hydroxylation is 1. The Morgan fingerprint density at radius 1 is 0.903 bits per heavy atom. The molecular formula is C24H21N3O3S. The predicted molar refractivity (Wildman–Crippen MR) is 119 cm³/mol. The van der Waals surface area contributed by atoms with Gasteiger partial charge in [-0.05, 0) is 66.6 Å². The molecule has 1 N–H and O–H groups in total. The molecule has 0 aliphatic rings. The van der Waals surface area contributed by atoms with Crippen LogP contribution in [-0.4, -0.2) is 18.4 Å². The number of hydrogen-bond acceptors (Lipinski definition) is 5. The van der Waals surface area contributed by atoms with E-state index in [9.17, 15) is 8.42 Å². The van der Waals surface area contributed by atoms with Crippen molar-refractivity contribution >= 4 is 10.0 Å². The van der Waals surface area contributed by atoms with Crippen LogP contribution in [0.1, 0.15) is 11.1 Å². The van der Waals surface area contributed by atoms with Crippen LogP contribution in [0.3, 0.4) is 0 Å². The normalized spacial score (nSPS) is 11.3. The predicted octanol–water partition coefficient (Wildman–Crippen LogP) is 4.72. The van der Waals surface area contributed by atoms with Gasteiger partial charge in [0.15, 0.2) is 0 Å². The van der Waals surface area contributed by atoms with E-state index in [1.165, 1.54) is 12.1 Å². The topological polar surface area (TPSA) is 81.2 Å². The molecule has 31 heavy (non-hydrogen) atoms. The first kappa shape index (κ1) is 20.7. The number of sulfonamides is 1. The fraction of sp³-hybridized carbons (Fsp3) is 0.0833. The molecular weight excluding hydrogens is 410 g/mol. The first-order valence-corrected chi connectivity index (χ1v) is 11.2. The molecule has 0 spiro atoms. The smallest absolute Gasteiger partial charge is 0.240 e. The highest BCUT2D eigenvalue weighted by Crippen LogP contribution is 2.25. The summed E-state index contributed by atoms with van der Waals surface area (Å²) in [6, 6.07) is 21.5. The molecule has 0 saturated carbocycles. The third kappa shape index (κ3) is 5.14. The summed E-state index contributed by atoms with van der Waals surface area (Å²) >= 11 is 0. The van der Waals surface area contributed by atoms with E-state index < -0.39 is 10.0 Å². The number of para-hydroxylation sites is 1. The minimum Gasteiger partial charge on any atom is -0.457 e. The Morgan fingerprint density at radius 2 is 1.71 bits per heavy atom. The zero-order valence-corrected chi connectivity index (χ0v) is 17.7.